The molecule has 0 saturated heterocycles. The van der Waals surface area contributed by atoms with Crippen molar-refractivity contribution in [3.8, 4) is 0 Å². The van der Waals surface area contributed by atoms with E-state index in [-0.39, 0.29) is 11.9 Å². The highest BCUT2D eigenvalue weighted by atomic mass is 16.1. The van der Waals surface area contributed by atoms with Crippen LogP contribution in [0, 0.1) is 29.6 Å². The van der Waals surface area contributed by atoms with Gasteiger partial charge in [0, 0.05) is 0 Å². The second kappa shape index (κ2) is 3.21. The summed E-state index contributed by atoms with van der Waals surface area (Å²) in [5.41, 5.74) is 11.3. The van der Waals surface area contributed by atoms with E-state index in [0.717, 1.165) is 11.8 Å². The Morgan fingerprint density at radius 2 is 1.47 bits per heavy atom. The van der Waals surface area contributed by atoms with Gasteiger partial charge in [0.1, 0.15) is 0 Å². The van der Waals surface area contributed by atoms with Gasteiger partial charge in [-0.25, -0.2) is 0 Å². The van der Waals surface area contributed by atoms with E-state index in [1.54, 1.807) is 0 Å². The molecule has 0 aromatic carbocycles. The zero-order chi connectivity index (χ0) is 10.6. The molecule has 4 fully saturated rings. The maximum Gasteiger partial charge on any atom is 0.234 e. The second-order valence-electron chi connectivity index (χ2n) is 5.94. The van der Waals surface area contributed by atoms with E-state index >= 15 is 0 Å². The molecular formula is C12H20N2O. The molecule has 4 aliphatic rings. The van der Waals surface area contributed by atoms with Crippen molar-refractivity contribution in [1.29, 1.82) is 0 Å². The van der Waals surface area contributed by atoms with E-state index in [1.165, 1.54) is 32.1 Å². The van der Waals surface area contributed by atoms with Crippen LogP contribution in [0.25, 0.3) is 0 Å². The van der Waals surface area contributed by atoms with Gasteiger partial charge in [0.2, 0.25) is 5.91 Å². The van der Waals surface area contributed by atoms with Crippen molar-refractivity contribution < 1.29 is 4.79 Å². The number of nitrogens with two attached hydrogens (primary N) is 2. The molecule has 4 N–H and O–H groups in total. The number of hydrogen-bond donors (Lipinski definition) is 2. The molecule has 0 aromatic rings. The molecule has 0 aliphatic heterocycles. The molecule has 3 nitrogen and oxygen atoms in total. The fraction of sp³-hybridized carbons (Fsp3) is 0.917. The Kier molecular flexibility index (Phi) is 2.06. The van der Waals surface area contributed by atoms with Gasteiger partial charge >= 0.3 is 0 Å². The van der Waals surface area contributed by atoms with Crippen molar-refractivity contribution in [2.45, 2.75) is 38.1 Å². The predicted octanol–water partition coefficient (Wildman–Crippen LogP) is 0.871. The smallest absolute Gasteiger partial charge is 0.234 e. The van der Waals surface area contributed by atoms with Crippen LogP contribution in [0.5, 0.6) is 0 Å². The summed E-state index contributed by atoms with van der Waals surface area (Å²) < 4.78 is 0. The molecule has 15 heavy (non-hydrogen) atoms. The summed E-state index contributed by atoms with van der Waals surface area (Å²) in [5, 5.41) is 0. The van der Waals surface area contributed by atoms with E-state index in [0.29, 0.717) is 17.8 Å². The first-order valence-corrected chi connectivity index (χ1v) is 6.20. The third kappa shape index (κ3) is 1.40. The van der Waals surface area contributed by atoms with Crippen LogP contribution in [-0.4, -0.2) is 11.9 Å². The molecule has 1 amide bonds. The highest BCUT2D eigenvalue weighted by Crippen LogP contribution is 2.57. The fourth-order valence-electron chi connectivity index (χ4n) is 4.74. The molecule has 84 valence electrons. The molecule has 0 aromatic heterocycles. The topological polar surface area (TPSA) is 69.1 Å². The van der Waals surface area contributed by atoms with Crippen LogP contribution in [0.3, 0.4) is 0 Å². The van der Waals surface area contributed by atoms with E-state index in [2.05, 4.69) is 0 Å². The molecule has 4 saturated carbocycles. The summed E-state index contributed by atoms with van der Waals surface area (Å²) in [5.74, 6) is 3.36. The third-order valence-corrected chi connectivity index (χ3v) is 5.04. The molecule has 4 bridgehead atoms. The zero-order valence-corrected chi connectivity index (χ0v) is 9.06. The monoisotopic (exact) mass is 208 g/mol. The zero-order valence-electron chi connectivity index (χ0n) is 9.06. The Hall–Kier alpha value is -0.570. The number of carbonyl (C=O) groups is 1. The molecular weight excluding hydrogens is 188 g/mol. The lowest BCUT2D eigenvalue weighted by Crippen LogP contribution is -2.55. The summed E-state index contributed by atoms with van der Waals surface area (Å²) in [6.45, 7) is 0. The lowest BCUT2D eigenvalue weighted by atomic mass is 9.50. The minimum absolute atomic E-state index is 0.299. The summed E-state index contributed by atoms with van der Waals surface area (Å²) >= 11 is 0. The maximum absolute atomic E-state index is 11.2. The van der Waals surface area contributed by atoms with Crippen LogP contribution in [-0.2, 0) is 4.79 Å². The lowest BCUT2D eigenvalue weighted by molar-refractivity contribution is -0.125. The van der Waals surface area contributed by atoms with Crippen molar-refractivity contribution in [1.82, 2.24) is 0 Å². The van der Waals surface area contributed by atoms with Gasteiger partial charge in [0.15, 0.2) is 0 Å². The first-order valence-electron chi connectivity index (χ1n) is 6.20. The van der Waals surface area contributed by atoms with Crippen LogP contribution in [0.4, 0.5) is 0 Å². The molecule has 0 heterocycles. The van der Waals surface area contributed by atoms with E-state index < -0.39 is 0 Å². The normalized spacial score (nSPS) is 49.3. The first kappa shape index (κ1) is 9.64. The summed E-state index contributed by atoms with van der Waals surface area (Å²) in [4.78, 5) is 11.2. The summed E-state index contributed by atoms with van der Waals surface area (Å²) in [7, 11) is 0. The number of primary amides is 1. The van der Waals surface area contributed by atoms with Gasteiger partial charge in [-0.3, -0.25) is 4.79 Å². The number of rotatable bonds is 2. The van der Waals surface area contributed by atoms with Crippen LogP contribution in [0.2, 0.25) is 0 Å². The van der Waals surface area contributed by atoms with Gasteiger partial charge in [-0.1, -0.05) is 0 Å². The molecule has 4 rings (SSSR count). The van der Waals surface area contributed by atoms with Gasteiger partial charge in [-0.05, 0) is 61.7 Å². The Labute approximate surface area is 90.6 Å². The third-order valence-electron chi connectivity index (χ3n) is 5.04. The molecule has 0 radical (unpaired) electrons. The molecule has 4 aliphatic carbocycles. The van der Waals surface area contributed by atoms with E-state index in [9.17, 15) is 4.79 Å². The number of amides is 1. The van der Waals surface area contributed by atoms with Crippen LogP contribution in [0.15, 0.2) is 0 Å². The average Bonchev–Trinajstić information content (AvgIpc) is 2.15. The highest BCUT2D eigenvalue weighted by molar-refractivity contribution is 5.80. The number of hydrogen-bond acceptors (Lipinski definition) is 2. The van der Waals surface area contributed by atoms with Gasteiger partial charge < -0.3 is 11.5 Å². The maximum atomic E-state index is 11.2. The Balaban J connectivity index is 1.83. The predicted molar refractivity (Wildman–Crippen MR) is 57.7 cm³/mol. The molecule has 3 heteroatoms. The van der Waals surface area contributed by atoms with Crippen molar-refractivity contribution in [2.75, 3.05) is 0 Å². The van der Waals surface area contributed by atoms with Crippen molar-refractivity contribution in [2.24, 2.45) is 41.1 Å². The van der Waals surface area contributed by atoms with E-state index in [1.807, 2.05) is 0 Å². The van der Waals surface area contributed by atoms with Gasteiger partial charge in [-0.15, -0.1) is 0 Å². The quantitative estimate of drug-likeness (QED) is 0.707. The second-order valence-corrected chi connectivity index (χ2v) is 5.94. The molecule has 1 unspecified atom stereocenters. The summed E-state index contributed by atoms with van der Waals surface area (Å²) in [6, 6.07) is -0.389. The average molecular weight is 208 g/mol. The Morgan fingerprint density at radius 1 is 1.00 bits per heavy atom. The standard InChI is InChI=1S/C12H20N2O/c13-11(12(14)15)10-8-2-6-1-7(4-8)5-9(10)3-6/h6-11H,1-5,13H2,(H2,14,15). The minimum atomic E-state index is -0.389. The molecule has 1 atom stereocenters. The van der Waals surface area contributed by atoms with Crippen LogP contribution < -0.4 is 11.5 Å². The van der Waals surface area contributed by atoms with Gasteiger partial charge in [0.25, 0.3) is 0 Å². The van der Waals surface area contributed by atoms with Crippen molar-refractivity contribution >= 4 is 5.91 Å². The fourth-order valence-corrected chi connectivity index (χ4v) is 4.74. The lowest BCUT2D eigenvalue weighted by Gasteiger charge is -2.55. The Bertz CT molecular complexity index is 261. The SMILES string of the molecule is NC(=O)C(N)C1C2CC3CC(C2)CC1C3. The van der Waals surface area contributed by atoms with Gasteiger partial charge in [-0.2, -0.15) is 0 Å². The van der Waals surface area contributed by atoms with Crippen molar-refractivity contribution in [3.05, 3.63) is 0 Å². The van der Waals surface area contributed by atoms with Crippen LogP contribution in [0.1, 0.15) is 32.1 Å². The first-order chi connectivity index (χ1) is 7.15. The minimum Gasteiger partial charge on any atom is -0.368 e. The largest absolute Gasteiger partial charge is 0.368 e. The van der Waals surface area contributed by atoms with Gasteiger partial charge in [0.05, 0.1) is 6.04 Å². The summed E-state index contributed by atoms with van der Waals surface area (Å²) in [6.07, 6.45) is 6.65. The van der Waals surface area contributed by atoms with E-state index in [4.69, 9.17) is 11.5 Å². The van der Waals surface area contributed by atoms with Crippen molar-refractivity contribution in [3.63, 3.8) is 0 Å². The molecule has 0 spiro atoms. The number of carbonyl (C=O) groups excluding carboxylic acids is 1. The Morgan fingerprint density at radius 3 is 1.87 bits per heavy atom. The highest BCUT2D eigenvalue weighted by Gasteiger charge is 2.50. The van der Waals surface area contributed by atoms with Crippen LogP contribution >= 0.6 is 0 Å².